The highest BCUT2D eigenvalue weighted by atomic mass is 32.1. The van der Waals surface area contributed by atoms with E-state index in [0.29, 0.717) is 16.4 Å². The third-order valence-electron chi connectivity index (χ3n) is 2.73. The second-order valence-electron chi connectivity index (χ2n) is 4.41. The maximum atomic E-state index is 12.3. The molecule has 0 fully saturated rings. The van der Waals surface area contributed by atoms with Crippen LogP contribution in [0, 0.1) is 20.8 Å². The van der Waals surface area contributed by atoms with Gasteiger partial charge in [-0.3, -0.25) is 10.1 Å². The number of benzene rings is 1. The Bertz CT molecular complexity index is 620. The molecule has 100 valence electrons. The number of hydrogen-bond acceptors (Lipinski definition) is 4. The lowest BCUT2D eigenvalue weighted by molar-refractivity contribution is 0.102. The number of carbonyl (C=O) groups is 1. The minimum Gasteiger partial charge on any atom is -0.496 e. The molecule has 0 aliphatic heterocycles. The van der Waals surface area contributed by atoms with E-state index in [-0.39, 0.29) is 5.91 Å². The summed E-state index contributed by atoms with van der Waals surface area (Å²) in [6, 6.07) is 3.82. The van der Waals surface area contributed by atoms with Gasteiger partial charge in [-0.05, 0) is 38.0 Å². The summed E-state index contributed by atoms with van der Waals surface area (Å²) in [5.41, 5.74) is 3.41. The first-order chi connectivity index (χ1) is 9.01. The van der Waals surface area contributed by atoms with Gasteiger partial charge in [-0.1, -0.05) is 6.07 Å². The lowest BCUT2D eigenvalue weighted by Gasteiger charge is -2.12. The van der Waals surface area contributed by atoms with Gasteiger partial charge in [0.25, 0.3) is 5.91 Å². The molecule has 1 heterocycles. The molecule has 0 unspecified atom stereocenters. The van der Waals surface area contributed by atoms with Gasteiger partial charge in [-0.2, -0.15) is 0 Å². The van der Waals surface area contributed by atoms with E-state index in [1.807, 2.05) is 38.3 Å². The maximum absolute atomic E-state index is 12.3. The first-order valence-electron chi connectivity index (χ1n) is 5.90. The fourth-order valence-electron chi connectivity index (χ4n) is 1.95. The van der Waals surface area contributed by atoms with Crippen molar-refractivity contribution in [2.24, 2.45) is 0 Å². The van der Waals surface area contributed by atoms with Crippen molar-refractivity contribution in [1.29, 1.82) is 0 Å². The van der Waals surface area contributed by atoms with Gasteiger partial charge >= 0.3 is 0 Å². The summed E-state index contributed by atoms with van der Waals surface area (Å²) in [5, 5.41) is 5.30. The van der Waals surface area contributed by atoms with E-state index in [4.69, 9.17) is 4.74 Å². The molecule has 0 bridgehead atoms. The third-order valence-corrected chi connectivity index (χ3v) is 3.61. The summed E-state index contributed by atoms with van der Waals surface area (Å²) in [4.78, 5) is 16.5. The number of ether oxygens (including phenoxy) is 1. The fraction of sp³-hybridized carbons (Fsp3) is 0.286. The molecule has 0 atom stereocenters. The lowest BCUT2D eigenvalue weighted by atomic mass is 10.0. The molecule has 0 saturated carbocycles. The standard InChI is InChI=1S/C14H16N2O2S/c1-8-5-9(2)12(11(6-8)18-4)13(17)16-14-15-10(3)7-19-14/h5-7H,1-4H3,(H,15,16,17). The van der Waals surface area contributed by atoms with Crippen LogP contribution in [0.1, 0.15) is 27.2 Å². The normalized spacial score (nSPS) is 10.3. The number of nitrogens with zero attached hydrogens (tertiary/aromatic N) is 1. The van der Waals surface area contributed by atoms with Gasteiger partial charge in [0, 0.05) is 5.38 Å². The quantitative estimate of drug-likeness (QED) is 0.935. The predicted molar refractivity (Wildman–Crippen MR) is 77.3 cm³/mol. The minimum atomic E-state index is -0.191. The summed E-state index contributed by atoms with van der Waals surface area (Å²) in [5.74, 6) is 0.395. The van der Waals surface area contributed by atoms with Crippen molar-refractivity contribution < 1.29 is 9.53 Å². The van der Waals surface area contributed by atoms with E-state index in [9.17, 15) is 4.79 Å². The molecule has 19 heavy (non-hydrogen) atoms. The second-order valence-corrected chi connectivity index (χ2v) is 5.27. The molecule has 2 aromatic rings. The first kappa shape index (κ1) is 13.5. The Morgan fingerprint density at radius 3 is 2.63 bits per heavy atom. The van der Waals surface area contributed by atoms with Crippen LogP contribution in [0.2, 0.25) is 0 Å². The van der Waals surface area contributed by atoms with Crippen LogP contribution in [0.4, 0.5) is 5.13 Å². The summed E-state index contributed by atoms with van der Waals surface area (Å²) in [6.45, 7) is 5.77. The van der Waals surface area contributed by atoms with Gasteiger partial charge in [0.15, 0.2) is 5.13 Å². The van der Waals surface area contributed by atoms with Crippen molar-refractivity contribution in [3.63, 3.8) is 0 Å². The zero-order valence-electron chi connectivity index (χ0n) is 11.4. The second kappa shape index (κ2) is 5.40. The number of rotatable bonds is 3. The van der Waals surface area contributed by atoms with Crippen molar-refractivity contribution >= 4 is 22.4 Å². The zero-order valence-corrected chi connectivity index (χ0v) is 12.2. The van der Waals surface area contributed by atoms with Crippen molar-refractivity contribution in [2.45, 2.75) is 20.8 Å². The Morgan fingerprint density at radius 2 is 2.05 bits per heavy atom. The van der Waals surface area contributed by atoms with E-state index in [1.54, 1.807) is 7.11 Å². The number of aromatic nitrogens is 1. The summed E-state index contributed by atoms with van der Waals surface area (Å²) < 4.78 is 5.29. The van der Waals surface area contributed by atoms with Crippen LogP contribution < -0.4 is 10.1 Å². The van der Waals surface area contributed by atoms with Crippen molar-refractivity contribution in [1.82, 2.24) is 4.98 Å². The van der Waals surface area contributed by atoms with Gasteiger partial charge in [0.05, 0.1) is 18.4 Å². The molecule has 4 nitrogen and oxygen atoms in total. The van der Waals surface area contributed by atoms with E-state index in [2.05, 4.69) is 10.3 Å². The number of amides is 1. The number of methoxy groups -OCH3 is 1. The SMILES string of the molecule is COc1cc(C)cc(C)c1C(=O)Nc1nc(C)cs1. The number of carbonyl (C=O) groups excluding carboxylic acids is 1. The van der Waals surface area contributed by atoms with Crippen LogP contribution in [0.15, 0.2) is 17.5 Å². The Kier molecular flexibility index (Phi) is 3.85. The molecule has 1 N–H and O–H groups in total. The van der Waals surface area contributed by atoms with Gasteiger partial charge in [-0.15, -0.1) is 11.3 Å². The van der Waals surface area contributed by atoms with Crippen LogP contribution in [0.5, 0.6) is 5.75 Å². The molecule has 1 aromatic carbocycles. The largest absolute Gasteiger partial charge is 0.496 e. The number of hydrogen-bond donors (Lipinski definition) is 1. The first-order valence-corrected chi connectivity index (χ1v) is 6.78. The highest BCUT2D eigenvalue weighted by molar-refractivity contribution is 7.13. The number of thiazole rings is 1. The Morgan fingerprint density at radius 1 is 1.32 bits per heavy atom. The minimum absolute atomic E-state index is 0.191. The average Bonchev–Trinajstić information content (AvgIpc) is 2.73. The highest BCUT2D eigenvalue weighted by Gasteiger charge is 2.17. The van der Waals surface area contributed by atoms with Crippen LogP contribution in [0.3, 0.4) is 0 Å². The van der Waals surface area contributed by atoms with Crippen LogP contribution in [0.25, 0.3) is 0 Å². The molecule has 1 aromatic heterocycles. The van der Waals surface area contributed by atoms with Crippen LogP contribution in [-0.4, -0.2) is 18.0 Å². The Labute approximate surface area is 116 Å². The van der Waals surface area contributed by atoms with Gasteiger partial charge in [-0.25, -0.2) is 4.98 Å². The highest BCUT2D eigenvalue weighted by Crippen LogP contribution is 2.25. The average molecular weight is 276 g/mol. The summed E-state index contributed by atoms with van der Waals surface area (Å²) >= 11 is 1.41. The molecule has 2 rings (SSSR count). The van der Waals surface area contributed by atoms with E-state index < -0.39 is 0 Å². The van der Waals surface area contributed by atoms with E-state index in [0.717, 1.165) is 16.8 Å². The topological polar surface area (TPSA) is 51.2 Å². The van der Waals surface area contributed by atoms with E-state index >= 15 is 0 Å². The molecule has 0 radical (unpaired) electrons. The van der Waals surface area contributed by atoms with Crippen LogP contribution in [-0.2, 0) is 0 Å². The smallest absolute Gasteiger partial charge is 0.261 e. The third kappa shape index (κ3) is 2.93. The molecular weight excluding hydrogens is 260 g/mol. The number of aryl methyl sites for hydroxylation is 3. The number of nitrogens with one attached hydrogen (secondary N) is 1. The maximum Gasteiger partial charge on any atom is 0.261 e. The predicted octanol–water partition coefficient (Wildman–Crippen LogP) is 3.33. The Hall–Kier alpha value is -1.88. The van der Waals surface area contributed by atoms with Crippen molar-refractivity contribution in [3.05, 3.63) is 39.9 Å². The molecular formula is C14H16N2O2S. The monoisotopic (exact) mass is 276 g/mol. The molecule has 5 heteroatoms. The van der Waals surface area contributed by atoms with Gasteiger partial charge < -0.3 is 4.74 Å². The van der Waals surface area contributed by atoms with E-state index in [1.165, 1.54) is 11.3 Å². The van der Waals surface area contributed by atoms with Crippen molar-refractivity contribution in [3.8, 4) is 5.75 Å². The number of anilines is 1. The lowest BCUT2D eigenvalue weighted by Crippen LogP contribution is -2.15. The van der Waals surface area contributed by atoms with Crippen LogP contribution >= 0.6 is 11.3 Å². The van der Waals surface area contributed by atoms with Gasteiger partial charge in [0.1, 0.15) is 5.75 Å². The fourth-order valence-corrected chi connectivity index (χ4v) is 2.63. The molecule has 0 aliphatic carbocycles. The summed E-state index contributed by atoms with van der Waals surface area (Å²) in [7, 11) is 1.57. The zero-order chi connectivity index (χ0) is 14.0. The summed E-state index contributed by atoms with van der Waals surface area (Å²) in [6.07, 6.45) is 0. The molecule has 0 aliphatic rings. The molecule has 1 amide bonds. The van der Waals surface area contributed by atoms with Crippen molar-refractivity contribution in [2.75, 3.05) is 12.4 Å². The van der Waals surface area contributed by atoms with Gasteiger partial charge in [0.2, 0.25) is 0 Å². The molecule has 0 spiro atoms. The molecule has 0 saturated heterocycles. The Balaban J connectivity index is 2.33.